The number of fused-ring (bicyclic) bond motifs is 1. The topological polar surface area (TPSA) is 110 Å². The lowest BCUT2D eigenvalue weighted by Gasteiger charge is -2.19. The maximum absolute atomic E-state index is 14.2. The molecular weight excluding hydrogens is 405 g/mol. The van der Waals surface area contributed by atoms with E-state index in [1.807, 2.05) is 0 Å². The van der Waals surface area contributed by atoms with Crippen LogP contribution in [0.2, 0.25) is 0 Å². The van der Waals surface area contributed by atoms with E-state index in [1.165, 1.54) is 17.3 Å². The summed E-state index contributed by atoms with van der Waals surface area (Å²) in [5.74, 6) is -0.724. The number of benzene rings is 1. The van der Waals surface area contributed by atoms with Crippen LogP contribution in [0.3, 0.4) is 0 Å². The van der Waals surface area contributed by atoms with Gasteiger partial charge in [-0.2, -0.15) is 4.31 Å². The van der Waals surface area contributed by atoms with Crippen LogP contribution < -0.4 is 10.5 Å². The van der Waals surface area contributed by atoms with Gasteiger partial charge in [0.25, 0.3) is 0 Å². The molecule has 0 aromatic heterocycles. The van der Waals surface area contributed by atoms with E-state index in [4.69, 9.17) is 5.73 Å². The Kier molecular flexibility index (Phi) is 6.23. The minimum absolute atomic E-state index is 0. The highest BCUT2D eigenvalue weighted by molar-refractivity contribution is 7.92. The molecule has 1 heterocycles. The minimum Gasteiger partial charge on any atom is -0.327 e. The summed E-state index contributed by atoms with van der Waals surface area (Å²) in [6.45, 7) is 2.17. The van der Waals surface area contributed by atoms with E-state index in [2.05, 4.69) is 4.72 Å². The zero-order valence-electron chi connectivity index (χ0n) is 14.3. The van der Waals surface area contributed by atoms with E-state index in [0.717, 1.165) is 25.0 Å². The maximum Gasteiger partial charge on any atom is 0.243 e. The van der Waals surface area contributed by atoms with Crippen molar-refractivity contribution in [2.75, 3.05) is 23.6 Å². The van der Waals surface area contributed by atoms with Gasteiger partial charge < -0.3 is 5.73 Å². The Labute approximate surface area is 159 Å². The Balaban J connectivity index is 0.00000243. The summed E-state index contributed by atoms with van der Waals surface area (Å²) >= 11 is 0. The fourth-order valence-electron chi connectivity index (χ4n) is 3.59. The summed E-state index contributed by atoms with van der Waals surface area (Å²) in [4.78, 5) is -0.182. The van der Waals surface area contributed by atoms with Crippen molar-refractivity contribution in [3.8, 4) is 0 Å². The number of nitrogens with zero attached hydrogens (tertiary/aromatic N) is 1. The Bertz CT molecular complexity index is 879. The van der Waals surface area contributed by atoms with Crippen molar-refractivity contribution in [2.24, 2.45) is 17.6 Å². The van der Waals surface area contributed by atoms with Crippen molar-refractivity contribution in [1.29, 1.82) is 0 Å². The van der Waals surface area contributed by atoms with Crippen LogP contribution in [0.1, 0.15) is 19.8 Å². The van der Waals surface area contributed by atoms with Gasteiger partial charge in [0.1, 0.15) is 5.82 Å². The van der Waals surface area contributed by atoms with E-state index >= 15 is 0 Å². The summed E-state index contributed by atoms with van der Waals surface area (Å²) < 4.78 is 66.2. The quantitative estimate of drug-likeness (QED) is 0.737. The van der Waals surface area contributed by atoms with Gasteiger partial charge in [-0.1, -0.05) is 0 Å². The first kappa shape index (κ1) is 21.4. The second-order valence-corrected chi connectivity index (χ2v) is 10.6. The summed E-state index contributed by atoms with van der Waals surface area (Å²) in [7, 11) is -7.47. The number of nitrogens with one attached hydrogen (secondary N) is 1. The second kappa shape index (κ2) is 7.59. The molecule has 0 radical (unpaired) electrons. The Morgan fingerprint density at radius 1 is 1.23 bits per heavy atom. The highest BCUT2D eigenvalue weighted by Gasteiger charge is 2.45. The summed E-state index contributed by atoms with van der Waals surface area (Å²) in [6.07, 6.45) is 1.81. The molecule has 1 aromatic rings. The highest BCUT2D eigenvalue weighted by atomic mass is 35.5. The van der Waals surface area contributed by atoms with E-state index in [-0.39, 0.29) is 46.6 Å². The van der Waals surface area contributed by atoms with Gasteiger partial charge in [0.05, 0.1) is 16.3 Å². The number of hydrogen-bond donors (Lipinski definition) is 2. The molecule has 3 N–H and O–H groups in total. The SMILES string of the molecule is CCS(=O)(=O)Nc1ccc(S(=O)(=O)N2CC3CCC(N)C3C2)cc1F.Cl. The summed E-state index contributed by atoms with van der Waals surface area (Å²) in [5, 5.41) is 0. The molecule has 7 nitrogen and oxygen atoms in total. The van der Waals surface area contributed by atoms with Crippen molar-refractivity contribution in [3.05, 3.63) is 24.0 Å². The van der Waals surface area contributed by atoms with Crippen molar-refractivity contribution >= 4 is 38.1 Å². The first-order valence-corrected chi connectivity index (χ1v) is 11.3. The van der Waals surface area contributed by atoms with Crippen molar-refractivity contribution < 1.29 is 21.2 Å². The van der Waals surface area contributed by atoms with Gasteiger partial charge in [-0.3, -0.25) is 4.72 Å². The molecule has 3 rings (SSSR count). The number of halogens is 2. The molecule has 2 aliphatic rings. The molecule has 0 amide bonds. The zero-order chi connectivity index (χ0) is 18.4. The van der Waals surface area contributed by atoms with Crippen LogP contribution in [0, 0.1) is 17.7 Å². The minimum atomic E-state index is -3.83. The van der Waals surface area contributed by atoms with Crippen LogP contribution in [0.4, 0.5) is 10.1 Å². The Morgan fingerprint density at radius 3 is 2.50 bits per heavy atom. The first-order chi connectivity index (χ1) is 11.6. The molecule has 26 heavy (non-hydrogen) atoms. The summed E-state index contributed by atoms with van der Waals surface area (Å²) in [6, 6.07) is 3.22. The lowest BCUT2D eigenvalue weighted by Crippen LogP contribution is -2.33. The highest BCUT2D eigenvalue weighted by Crippen LogP contribution is 2.39. The zero-order valence-corrected chi connectivity index (χ0v) is 16.7. The van der Waals surface area contributed by atoms with Crippen molar-refractivity contribution in [3.63, 3.8) is 0 Å². The average molecular weight is 428 g/mol. The first-order valence-electron chi connectivity index (χ1n) is 8.20. The molecule has 11 heteroatoms. The molecule has 3 unspecified atom stereocenters. The lowest BCUT2D eigenvalue weighted by molar-refractivity contribution is 0.426. The van der Waals surface area contributed by atoms with Crippen LogP contribution in [0.15, 0.2) is 23.1 Å². The van der Waals surface area contributed by atoms with Crippen molar-refractivity contribution in [2.45, 2.75) is 30.7 Å². The Hall–Kier alpha value is -0.940. The molecule has 1 aliphatic heterocycles. The van der Waals surface area contributed by atoms with Crippen molar-refractivity contribution in [1.82, 2.24) is 4.31 Å². The Morgan fingerprint density at radius 2 is 1.92 bits per heavy atom. The van der Waals surface area contributed by atoms with Crippen LogP contribution in [0.25, 0.3) is 0 Å². The van der Waals surface area contributed by atoms with Gasteiger partial charge in [-0.15, -0.1) is 12.4 Å². The second-order valence-electron chi connectivity index (χ2n) is 6.63. The van der Waals surface area contributed by atoms with E-state index in [0.29, 0.717) is 13.1 Å². The molecule has 1 aliphatic carbocycles. The third-order valence-electron chi connectivity index (χ3n) is 5.10. The molecule has 1 saturated carbocycles. The largest absolute Gasteiger partial charge is 0.327 e. The third-order valence-corrected chi connectivity index (χ3v) is 8.22. The maximum atomic E-state index is 14.2. The number of anilines is 1. The lowest BCUT2D eigenvalue weighted by atomic mass is 9.98. The predicted molar refractivity (Wildman–Crippen MR) is 99.7 cm³/mol. The molecule has 3 atom stereocenters. The van der Waals surface area contributed by atoms with Crippen LogP contribution >= 0.6 is 12.4 Å². The standard InChI is InChI=1S/C15H22FN3O4S2.ClH/c1-2-24(20,21)18-15-6-4-11(7-13(15)16)25(22,23)19-8-10-3-5-14(17)12(10)9-19;/h4,6-7,10,12,14,18H,2-3,5,8-9,17H2,1H3;1H. The van der Waals surface area contributed by atoms with Gasteiger partial charge >= 0.3 is 0 Å². The molecule has 0 spiro atoms. The molecule has 0 bridgehead atoms. The van der Waals surface area contributed by atoms with Crippen LogP contribution in [-0.4, -0.2) is 46.0 Å². The third kappa shape index (κ3) is 3.99. The number of hydrogen-bond acceptors (Lipinski definition) is 5. The monoisotopic (exact) mass is 427 g/mol. The normalized spacial score (nSPS) is 26.3. The fourth-order valence-corrected chi connectivity index (χ4v) is 5.78. The van der Waals surface area contributed by atoms with Gasteiger partial charge in [0.2, 0.25) is 20.0 Å². The van der Waals surface area contributed by atoms with Gasteiger partial charge in [-0.25, -0.2) is 21.2 Å². The molecule has 2 fully saturated rings. The molecule has 1 saturated heterocycles. The fraction of sp³-hybridized carbons (Fsp3) is 0.600. The number of nitrogens with two attached hydrogens (primary N) is 1. The van der Waals surface area contributed by atoms with E-state index < -0.39 is 25.9 Å². The van der Waals surface area contributed by atoms with E-state index in [1.54, 1.807) is 0 Å². The summed E-state index contributed by atoms with van der Waals surface area (Å²) in [5.41, 5.74) is 5.77. The molecular formula is C15H23ClFN3O4S2. The predicted octanol–water partition coefficient (Wildman–Crippen LogP) is 1.37. The average Bonchev–Trinajstić information content (AvgIpc) is 3.12. The van der Waals surface area contributed by atoms with Gasteiger partial charge in [0, 0.05) is 19.1 Å². The van der Waals surface area contributed by atoms with Gasteiger partial charge in [0.15, 0.2) is 0 Å². The molecule has 1 aromatic carbocycles. The number of sulfonamides is 2. The van der Waals surface area contributed by atoms with E-state index in [9.17, 15) is 21.2 Å². The van der Waals surface area contributed by atoms with Gasteiger partial charge in [-0.05, 0) is 49.8 Å². The molecule has 148 valence electrons. The smallest absolute Gasteiger partial charge is 0.243 e. The van der Waals surface area contributed by atoms with Crippen LogP contribution in [0.5, 0.6) is 0 Å². The number of rotatable bonds is 5. The van der Waals surface area contributed by atoms with Crippen LogP contribution in [-0.2, 0) is 20.0 Å².